The number of amides is 1. The molecule has 1 amide bonds. The van der Waals surface area contributed by atoms with Crippen LogP contribution >= 0.6 is 0 Å². The van der Waals surface area contributed by atoms with E-state index in [1.54, 1.807) is 4.90 Å². The zero-order chi connectivity index (χ0) is 14.1. The Kier molecular flexibility index (Phi) is 9.08. The van der Waals surface area contributed by atoms with Crippen LogP contribution in [-0.2, 0) is 4.79 Å². The quantitative estimate of drug-likeness (QED) is 0.687. The van der Waals surface area contributed by atoms with Crippen molar-refractivity contribution in [2.45, 2.75) is 71.9 Å². The lowest BCUT2D eigenvalue weighted by molar-refractivity contribution is -0.131. The number of nitrogens with one attached hydrogen (secondary N) is 1. The molecule has 0 radical (unpaired) electrons. The van der Waals surface area contributed by atoms with Crippen LogP contribution in [-0.4, -0.2) is 37.0 Å². The van der Waals surface area contributed by atoms with Crippen molar-refractivity contribution in [2.75, 3.05) is 14.1 Å². The van der Waals surface area contributed by atoms with Gasteiger partial charge in [0.05, 0.1) is 6.04 Å². The average Bonchev–Trinajstić information content (AvgIpc) is 2.27. The molecule has 108 valence electrons. The van der Waals surface area contributed by atoms with E-state index in [1.165, 1.54) is 12.8 Å². The summed E-state index contributed by atoms with van der Waals surface area (Å²) in [7, 11) is 3.68. The molecule has 0 aromatic rings. The number of likely N-dealkylation sites (N-methyl/N-ethyl adjacent to an activating group) is 1. The van der Waals surface area contributed by atoms with E-state index in [9.17, 15) is 4.79 Å². The van der Waals surface area contributed by atoms with Crippen molar-refractivity contribution in [3.63, 3.8) is 0 Å². The van der Waals surface area contributed by atoms with Crippen LogP contribution < -0.4 is 5.32 Å². The van der Waals surface area contributed by atoms with E-state index in [0.29, 0.717) is 12.0 Å². The van der Waals surface area contributed by atoms with Gasteiger partial charge in [0.2, 0.25) is 5.91 Å². The zero-order valence-corrected chi connectivity index (χ0v) is 13.1. The highest BCUT2D eigenvalue weighted by Gasteiger charge is 2.23. The molecule has 1 atom stereocenters. The van der Waals surface area contributed by atoms with Crippen LogP contribution in [0.25, 0.3) is 0 Å². The molecule has 0 aliphatic rings. The molecule has 0 heterocycles. The summed E-state index contributed by atoms with van der Waals surface area (Å²) >= 11 is 0. The highest BCUT2D eigenvalue weighted by atomic mass is 16.2. The third-order valence-electron chi connectivity index (χ3n) is 3.16. The van der Waals surface area contributed by atoms with E-state index in [-0.39, 0.29) is 11.9 Å². The average molecular weight is 256 g/mol. The van der Waals surface area contributed by atoms with Crippen molar-refractivity contribution in [1.29, 1.82) is 0 Å². The molecule has 3 nitrogen and oxygen atoms in total. The molecule has 0 aliphatic heterocycles. The number of hydrogen-bond acceptors (Lipinski definition) is 2. The Hall–Kier alpha value is -0.570. The first-order valence-corrected chi connectivity index (χ1v) is 7.39. The molecule has 0 aromatic heterocycles. The minimum atomic E-state index is -0.0249. The summed E-state index contributed by atoms with van der Waals surface area (Å²) in [5, 5.41) is 3.58. The number of rotatable bonds is 9. The second-order valence-corrected chi connectivity index (χ2v) is 5.86. The molecule has 0 fully saturated rings. The van der Waals surface area contributed by atoms with Gasteiger partial charge in [-0.15, -0.1) is 0 Å². The summed E-state index contributed by atoms with van der Waals surface area (Å²) in [6, 6.07) is 0.454. The summed E-state index contributed by atoms with van der Waals surface area (Å²) in [5.74, 6) is 0.746. The number of carbonyl (C=O) groups is 1. The molecule has 0 aliphatic carbocycles. The van der Waals surface area contributed by atoms with Gasteiger partial charge in [-0.1, -0.05) is 40.5 Å². The fraction of sp³-hybridized carbons (Fsp3) is 0.933. The normalized spacial score (nSPS) is 13.1. The standard InChI is InChI=1S/C15H32N2O/c1-7-9-13(10-8-2)16-14(11-12(3)4)15(18)17(5)6/h12-14,16H,7-11H2,1-6H3. The van der Waals surface area contributed by atoms with Crippen LogP contribution in [0.2, 0.25) is 0 Å². The lowest BCUT2D eigenvalue weighted by Gasteiger charge is -2.28. The fourth-order valence-corrected chi connectivity index (χ4v) is 2.32. The monoisotopic (exact) mass is 256 g/mol. The van der Waals surface area contributed by atoms with Gasteiger partial charge in [0.1, 0.15) is 0 Å². The summed E-state index contributed by atoms with van der Waals surface area (Å²) in [4.78, 5) is 13.9. The van der Waals surface area contributed by atoms with Crippen molar-refractivity contribution in [2.24, 2.45) is 5.92 Å². The number of hydrogen-bond donors (Lipinski definition) is 1. The molecule has 1 unspecified atom stereocenters. The Bertz CT molecular complexity index is 221. The summed E-state index contributed by atoms with van der Waals surface area (Å²) in [5.41, 5.74) is 0. The smallest absolute Gasteiger partial charge is 0.239 e. The lowest BCUT2D eigenvalue weighted by Crippen LogP contribution is -2.48. The minimum Gasteiger partial charge on any atom is -0.347 e. The maximum atomic E-state index is 12.2. The summed E-state index contributed by atoms with van der Waals surface area (Å²) in [6.07, 6.45) is 5.57. The minimum absolute atomic E-state index is 0.0249. The van der Waals surface area contributed by atoms with E-state index in [2.05, 4.69) is 33.0 Å². The van der Waals surface area contributed by atoms with Crippen LogP contribution in [0.4, 0.5) is 0 Å². The van der Waals surface area contributed by atoms with Gasteiger partial charge < -0.3 is 10.2 Å². The lowest BCUT2D eigenvalue weighted by atomic mass is 9.99. The molecule has 0 saturated heterocycles. The summed E-state index contributed by atoms with van der Waals surface area (Å²) in [6.45, 7) is 8.75. The fourth-order valence-electron chi connectivity index (χ4n) is 2.32. The summed E-state index contributed by atoms with van der Waals surface area (Å²) < 4.78 is 0. The van der Waals surface area contributed by atoms with Gasteiger partial charge in [0.15, 0.2) is 0 Å². The number of nitrogens with zero attached hydrogens (tertiary/aromatic N) is 1. The van der Waals surface area contributed by atoms with Crippen molar-refractivity contribution in [3.8, 4) is 0 Å². The van der Waals surface area contributed by atoms with Gasteiger partial charge in [0.25, 0.3) is 0 Å². The third-order valence-corrected chi connectivity index (χ3v) is 3.16. The Morgan fingerprint density at radius 2 is 1.61 bits per heavy atom. The van der Waals surface area contributed by atoms with Crippen LogP contribution in [0.15, 0.2) is 0 Å². The van der Waals surface area contributed by atoms with Gasteiger partial charge in [-0.05, 0) is 25.2 Å². The molecule has 0 aromatic carbocycles. The molecule has 0 bridgehead atoms. The Morgan fingerprint density at radius 3 is 1.94 bits per heavy atom. The van der Waals surface area contributed by atoms with Crippen LogP contribution in [0, 0.1) is 5.92 Å². The highest BCUT2D eigenvalue weighted by Crippen LogP contribution is 2.12. The van der Waals surface area contributed by atoms with Crippen LogP contribution in [0.5, 0.6) is 0 Å². The molecule has 0 rings (SSSR count). The van der Waals surface area contributed by atoms with E-state index < -0.39 is 0 Å². The Labute approximate surface area is 113 Å². The SMILES string of the molecule is CCCC(CCC)NC(CC(C)C)C(=O)N(C)C. The van der Waals surface area contributed by atoms with Gasteiger partial charge >= 0.3 is 0 Å². The van der Waals surface area contributed by atoms with Gasteiger partial charge in [-0.25, -0.2) is 0 Å². The molecule has 3 heteroatoms. The maximum absolute atomic E-state index is 12.2. The van der Waals surface area contributed by atoms with Crippen LogP contribution in [0.3, 0.4) is 0 Å². The molecular formula is C15H32N2O. The second-order valence-electron chi connectivity index (χ2n) is 5.86. The Balaban J connectivity index is 4.57. The number of carbonyl (C=O) groups excluding carboxylic acids is 1. The van der Waals surface area contributed by atoms with Gasteiger partial charge in [-0.2, -0.15) is 0 Å². The van der Waals surface area contributed by atoms with Gasteiger partial charge in [-0.3, -0.25) is 4.79 Å². The second kappa shape index (κ2) is 9.37. The maximum Gasteiger partial charge on any atom is 0.239 e. The zero-order valence-electron chi connectivity index (χ0n) is 13.1. The third kappa shape index (κ3) is 7.00. The first-order chi connectivity index (χ1) is 8.42. The van der Waals surface area contributed by atoms with Crippen molar-refractivity contribution in [1.82, 2.24) is 10.2 Å². The Morgan fingerprint density at radius 1 is 1.11 bits per heavy atom. The van der Waals surface area contributed by atoms with Crippen molar-refractivity contribution in [3.05, 3.63) is 0 Å². The van der Waals surface area contributed by atoms with Crippen LogP contribution in [0.1, 0.15) is 59.8 Å². The molecular weight excluding hydrogens is 224 g/mol. The predicted molar refractivity (Wildman–Crippen MR) is 78.7 cm³/mol. The molecule has 18 heavy (non-hydrogen) atoms. The van der Waals surface area contributed by atoms with E-state index in [4.69, 9.17) is 0 Å². The molecule has 0 spiro atoms. The largest absolute Gasteiger partial charge is 0.347 e. The molecule has 1 N–H and O–H groups in total. The highest BCUT2D eigenvalue weighted by molar-refractivity contribution is 5.81. The van der Waals surface area contributed by atoms with Crippen molar-refractivity contribution < 1.29 is 4.79 Å². The first-order valence-electron chi connectivity index (χ1n) is 7.39. The van der Waals surface area contributed by atoms with E-state index in [1.807, 2.05) is 14.1 Å². The van der Waals surface area contributed by atoms with E-state index in [0.717, 1.165) is 19.3 Å². The predicted octanol–water partition coefficient (Wildman–Crippen LogP) is 3.05. The topological polar surface area (TPSA) is 32.3 Å². The van der Waals surface area contributed by atoms with E-state index >= 15 is 0 Å². The van der Waals surface area contributed by atoms with Gasteiger partial charge in [0, 0.05) is 20.1 Å². The molecule has 0 saturated carbocycles. The van der Waals surface area contributed by atoms with Crippen molar-refractivity contribution >= 4 is 5.91 Å². The first kappa shape index (κ1) is 17.4.